The lowest BCUT2D eigenvalue weighted by Crippen LogP contribution is -1.94. The molecule has 4 heteroatoms. The second-order valence-electron chi connectivity index (χ2n) is 4.27. The Kier molecular flexibility index (Phi) is 2.76. The zero-order chi connectivity index (χ0) is 13.2. The average molecular weight is 255 g/mol. The van der Waals surface area contributed by atoms with E-state index in [1.54, 1.807) is 30.5 Å². The van der Waals surface area contributed by atoms with Gasteiger partial charge in [-0.15, -0.1) is 0 Å². The van der Waals surface area contributed by atoms with E-state index in [0.29, 0.717) is 18.0 Å². The maximum atomic E-state index is 9.62. The van der Waals surface area contributed by atoms with Crippen molar-refractivity contribution in [2.75, 3.05) is 5.73 Å². The van der Waals surface area contributed by atoms with Crippen LogP contribution in [0.2, 0.25) is 0 Å². The predicted octanol–water partition coefficient (Wildman–Crippen LogP) is 3.30. The number of hydrogen-bond donors (Lipinski definition) is 2. The summed E-state index contributed by atoms with van der Waals surface area (Å²) in [6.45, 7) is 0.328. The van der Waals surface area contributed by atoms with Gasteiger partial charge in [-0.25, -0.2) is 0 Å². The Balaban J connectivity index is 1.84. The Morgan fingerprint density at radius 1 is 1.16 bits per heavy atom. The summed E-state index contributed by atoms with van der Waals surface area (Å²) in [7, 11) is 0. The van der Waals surface area contributed by atoms with Gasteiger partial charge in [0.2, 0.25) is 0 Å². The molecule has 3 aromatic rings. The molecule has 0 fully saturated rings. The number of nitrogen functional groups attached to an aromatic ring is 1. The summed E-state index contributed by atoms with van der Waals surface area (Å²) >= 11 is 0. The number of rotatable bonds is 3. The summed E-state index contributed by atoms with van der Waals surface area (Å²) in [6, 6.07) is 12.4. The number of phenolic OH excluding ortho intramolecular Hbond substituents is 1. The second kappa shape index (κ2) is 4.57. The van der Waals surface area contributed by atoms with Crippen LogP contribution in [0.3, 0.4) is 0 Å². The molecule has 1 aromatic heterocycles. The zero-order valence-electron chi connectivity index (χ0n) is 10.2. The third-order valence-electron chi connectivity index (χ3n) is 2.93. The fourth-order valence-electron chi connectivity index (χ4n) is 1.95. The molecule has 3 rings (SSSR count). The maximum Gasteiger partial charge on any atom is 0.161 e. The van der Waals surface area contributed by atoms with E-state index in [4.69, 9.17) is 14.9 Å². The number of ether oxygens (including phenoxy) is 1. The van der Waals surface area contributed by atoms with Gasteiger partial charge >= 0.3 is 0 Å². The molecule has 0 amide bonds. The first-order chi connectivity index (χ1) is 9.24. The quantitative estimate of drug-likeness (QED) is 0.704. The summed E-state index contributed by atoms with van der Waals surface area (Å²) in [5.74, 6) is 0.576. The predicted molar refractivity (Wildman–Crippen MR) is 73.1 cm³/mol. The Bertz CT molecular complexity index is 718. The van der Waals surface area contributed by atoms with E-state index in [-0.39, 0.29) is 5.75 Å². The van der Waals surface area contributed by atoms with Crippen molar-refractivity contribution in [1.29, 1.82) is 0 Å². The van der Waals surface area contributed by atoms with E-state index >= 15 is 0 Å². The molecule has 0 unspecified atom stereocenters. The molecular weight excluding hydrogens is 242 g/mol. The van der Waals surface area contributed by atoms with Gasteiger partial charge in [-0.3, -0.25) is 0 Å². The molecule has 0 spiro atoms. The minimum Gasteiger partial charge on any atom is -0.504 e. The maximum absolute atomic E-state index is 9.62. The number of nitrogens with two attached hydrogens (primary N) is 1. The van der Waals surface area contributed by atoms with Gasteiger partial charge in [0.15, 0.2) is 11.5 Å². The van der Waals surface area contributed by atoms with Crippen molar-refractivity contribution in [2.24, 2.45) is 0 Å². The molecule has 0 atom stereocenters. The SMILES string of the molecule is Nc1ccc2c(COc3ccccc3O)coc2c1. The van der Waals surface area contributed by atoms with E-state index in [0.717, 1.165) is 16.5 Å². The molecule has 0 aliphatic carbocycles. The van der Waals surface area contributed by atoms with E-state index in [2.05, 4.69) is 0 Å². The number of phenols is 1. The van der Waals surface area contributed by atoms with Crippen LogP contribution >= 0.6 is 0 Å². The van der Waals surface area contributed by atoms with Gasteiger partial charge in [0, 0.05) is 22.7 Å². The van der Waals surface area contributed by atoms with Crippen LogP contribution in [0, 0.1) is 0 Å². The van der Waals surface area contributed by atoms with Crippen molar-refractivity contribution in [3.05, 3.63) is 54.3 Å². The van der Waals surface area contributed by atoms with Crippen LogP contribution < -0.4 is 10.5 Å². The van der Waals surface area contributed by atoms with Crippen molar-refractivity contribution in [1.82, 2.24) is 0 Å². The molecule has 3 N–H and O–H groups in total. The Morgan fingerprint density at radius 2 is 2.00 bits per heavy atom. The zero-order valence-corrected chi connectivity index (χ0v) is 10.2. The van der Waals surface area contributed by atoms with Crippen LogP contribution in [0.1, 0.15) is 5.56 Å². The monoisotopic (exact) mass is 255 g/mol. The van der Waals surface area contributed by atoms with Crippen molar-refractivity contribution >= 4 is 16.7 Å². The lowest BCUT2D eigenvalue weighted by atomic mass is 10.2. The van der Waals surface area contributed by atoms with Crippen LogP contribution in [-0.4, -0.2) is 5.11 Å². The van der Waals surface area contributed by atoms with Gasteiger partial charge < -0.3 is 20.0 Å². The first-order valence-electron chi connectivity index (χ1n) is 5.90. The summed E-state index contributed by atoms with van der Waals surface area (Å²) in [6.07, 6.45) is 1.64. The van der Waals surface area contributed by atoms with Crippen molar-refractivity contribution in [2.45, 2.75) is 6.61 Å². The number of para-hydroxylation sites is 2. The minimum absolute atomic E-state index is 0.125. The molecule has 0 aliphatic rings. The minimum atomic E-state index is 0.125. The van der Waals surface area contributed by atoms with E-state index < -0.39 is 0 Å². The standard InChI is InChI=1S/C15H13NO3/c16-11-5-6-12-10(9-19-15(12)7-11)8-18-14-4-2-1-3-13(14)17/h1-7,9,17H,8,16H2. The second-order valence-corrected chi connectivity index (χ2v) is 4.27. The normalized spacial score (nSPS) is 10.7. The van der Waals surface area contributed by atoms with E-state index in [1.807, 2.05) is 18.2 Å². The first kappa shape index (κ1) is 11.5. The Hall–Kier alpha value is -2.62. The fraction of sp³-hybridized carbons (Fsp3) is 0.0667. The van der Waals surface area contributed by atoms with Gasteiger partial charge in [0.05, 0.1) is 6.26 Å². The van der Waals surface area contributed by atoms with Crippen molar-refractivity contribution in [3.8, 4) is 11.5 Å². The highest BCUT2D eigenvalue weighted by Crippen LogP contribution is 2.28. The molecule has 96 valence electrons. The lowest BCUT2D eigenvalue weighted by molar-refractivity contribution is 0.289. The molecule has 0 aliphatic heterocycles. The largest absolute Gasteiger partial charge is 0.504 e. The number of anilines is 1. The molecule has 0 bridgehead atoms. The smallest absolute Gasteiger partial charge is 0.161 e. The number of furan rings is 1. The molecule has 2 aromatic carbocycles. The summed E-state index contributed by atoms with van der Waals surface area (Å²) < 4.78 is 11.0. The van der Waals surface area contributed by atoms with Gasteiger partial charge in [-0.2, -0.15) is 0 Å². The number of aromatic hydroxyl groups is 1. The van der Waals surface area contributed by atoms with Crippen LogP contribution in [0.25, 0.3) is 11.0 Å². The van der Waals surface area contributed by atoms with Gasteiger partial charge in [-0.05, 0) is 24.3 Å². The Morgan fingerprint density at radius 3 is 2.84 bits per heavy atom. The summed E-state index contributed by atoms with van der Waals surface area (Å²) in [4.78, 5) is 0. The van der Waals surface area contributed by atoms with Crippen molar-refractivity contribution < 1.29 is 14.3 Å². The molecular formula is C15H13NO3. The number of benzene rings is 2. The average Bonchev–Trinajstić information content (AvgIpc) is 2.80. The summed E-state index contributed by atoms with van der Waals surface area (Å²) in [5, 5.41) is 10.6. The lowest BCUT2D eigenvalue weighted by Gasteiger charge is -2.06. The molecule has 4 nitrogen and oxygen atoms in total. The topological polar surface area (TPSA) is 68.6 Å². The highest BCUT2D eigenvalue weighted by molar-refractivity contribution is 5.83. The Labute approximate surface area is 110 Å². The highest BCUT2D eigenvalue weighted by atomic mass is 16.5. The number of fused-ring (bicyclic) bond motifs is 1. The van der Waals surface area contributed by atoms with Gasteiger partial charge in [0.25, 0.3) is 0 Å². The molecule has 19 heavy (non-hydrogen) atoms. The van der Waals surface area contributed by atoms with E-state index in [9.17, 15) is 5.11 Å². The molecule has 0 radical (unpaired) electrons. The van der Waals surface area contributed by atoms with Gasteiger partial charge in [0.1, 0.15) is 12.2 Å². The van der Waals surface area contributed by atoms with Crippen LogP contribution in [-0.2, 0) is 6.61 Å². The molecule has 1 heterocycles. The van der Waals surface area contributed by atoms with Gasteiger partial charge in [-0.1, -0.05) is 12.1 Å². The van der Waals surface area contributed by atoms with Crippen LogP contribution in [0.4, 0.5) is 5.69 Å². The van der Waals surface area contributed by atoms with Crippen LogP contribution in [0.5, 0.6) is 11.5 Å². The van der Waals surface area contributed by atoms with E-state index in [1.165, 1.54) is 0 Å². The number of hydrogen-bond acceptors (Lipinski definition) is 4. The van der Waals surface area contributed by atoms with Crippen molar-refractivity contribution in [3.63, 3.8) is 0 Å². The van der Waals surface area contributed by atoms with Crippen LogP contribution in [0.15, 0.2) is 53.1 Å². The highest BCUT2D eigenvalue weighted by Gasteiger charge is 2.08. The fourth-order valence-corrected chi connectivity index (χ4v) is 1.95. The molecule has 0 saturated carbocycles. The first-order valence-corrected chi connectivity index (χ1v) is 5.90. The summed E-state index contributed by atoms with van der Waals surface area (Å²) in [5.41, 5.74) is 8.00. The molecule has 0 saturated heterocycles. The third kappa shape index (κ3) is 2.20. The third-order valence-corrected chi connectivity index (χ3v) is 2.93.